The Hall–Kier alpha value is -2.91. The topological polar surface area (TPSA) is 121 Å². The van der Waals surface area contributed by atoms with E-state index in [1.807, 2.05) is 28.1 Å². The molecule has 9 nitrogen and oxygen atoms in total. The van der Waals surface area contributed by atoms with E-state index in [4.69, 9.17) is 9.94 Å². The molecule has 2 aromatic carbocycles. The number of halogens is 4. The number of hydrogen-bond donors (Lipinski definition) is 4. The smallest absolute Gasteiger partial charge is 0.277 e. The van der Waals surface area contributed by atoms with Crippen molar-refractivity contribution in [3.05, 3.63) is 56.4 Å². The first-order valence-electron chi connectivity index (χ1n) is 8.85. The lowest BCUT2D eigenvalue weighted by atomic mass is 10.0. The SMILES string of the molecule is CNC(=O)C(=NOC)c1cc(C(=O)NOCCO)c(Nc2ccc(I)cc2F)c(F)c1F. The third-order valence-electron chi connectivity index (χ3n) is 3.88. The number of anilines is 2. The number of likely N-dealkylation sites (N-methyl/N-ethyl adjacent to an activating group) is 1. The van der Waals surface area contributed by atoms with Gasteiger partial charge in [0.2, 0.25) is 0 Å². The average molecular weight is 566 g/mol. The first-order valence-corrected chi connectivity index (χ1v) is 9.93. The Morgan fingerprint density at radius 1 is 1.16 bits per heavy atom. The highest BCUT2D eigenvalue weighted by Crippen LogP contribution is 2.31. The predicted octanol–water partition coefficient (Wildman–Crippen LogP) is 2.20. The van der Waals surface area contributed by atoms with Gasteiger partial charge < -0.3 is 20.6 Å². The van der Waals surface area contributed by atoms with Gasteiger partial charge in [0.05, 0.1) is 30.2 Å². The number of aliphatic hydroxyl groups excluding tert-OH is 1. The molecule has 0 unspecified atom stereocenters. The molecule has 0 saturated heterocycles. The molecule has 0 saturated carbocycles. The first-order chi connectivity index (χ1) is 15.2. The van der Waals surface area contributed by atoms with Crippen LogP contribution in [0.4, 0.5) is 24.5 Å². The van der Waals surface area contributed by atoms with E-state index in [9.17, 15) is 18.4 Å². The van der Waals surface area contributed by atoms with Crippen molar-refractivity contribution in [3.63, 3.8) is 0 Å². The summed E-state index contributed by atoms with van der Waals surface area (Å²) in [6.45, 7) is -0.713. The van der Waals surface area contributed by atoms with E-state index in [2.05, 4.69) is 20.6 Å². The van der Waals surface area contributed by atoms with Crippen LogP contribution >= 0.6 is 22.6 Å². The van der Waals surface area contributed by atoms with Crippen LogP contribution in [0.15, 0.2) is 29.4 Å². The lowest BCUT2D eigenvalue weighted by Gasteiger charge is -2.17. The van der Waals surface area contributed by atoms with Gasteiger partial charge in [-0.25, -0.2) is 18.7 Å². The van der Waals surface area contributed by atoms with Crippen molar-refractivity contribution in [1.82, 2.24) is 10.8 Å². The van der Waals surface area contributed by atoms with Crippen molar-refractivity contribution in [2.75, 3.05) is 32.7 Å². The Morgan fingerprint density at radius 2 is 1.88 bits per heavy atom. The third-order valence-corrected chi connectivity index (χ3v) is 4.55. The number of aliphatic hydroxyl groups is 1. The van der Waals surface area contributed by atoms with Crippen LogP contribution in [0.2, 0.25) is 0 Å². The maximum Gasteiger partial charge on any atom is 0.277 e. The van der Waals surface area contributed by atoms with E-state index < -0.39 is 58.4 Å². The fraction of sp³-hybridized carbons (Fsp3) is 0.211. The normalized spacial score (nSPS) is 11.2. The molecule has 0 bridgehead atoms. The van der Waals surface area contributed by atoms with Crippen molar-refractivity contribution in [3.8, 4) is 0 Å². The van der Waals surface area contributed by atoms with Crippen LogP contribution in [0.5, 0.6) is 0 Å². The standard InChI is InChI=1S/C19H18F3IN4O5/c1-24-19(30)17(26-31-2)10-8-11(18(29)27-32-6-5-28)16(15(22)14(10)21)25-13-4-3-9(23)7-12(13)20/h3-4,7-8,25,28H,5-6H2,1-2H3,(H,24,30)(H,27,29). The van der Waals surface area contributed by atoms with E-state index in [-0.39, 0.29) is 12.3 Å². The number of carbonyl (C=O) groups excluding carboxylic acids is 2. The number of nitrogens with one attached hydrogen (secondary N) is 3. The van der Waals surface area contributed by atoms with E-state index in [0.717, 1.165) is 19.2 Å². The summed E-state index contributed by atoms with van der Waals surface area (Å²) in [5.74, 6) is -5.89. The Kier molecular flexibility index (Phi) is 9.22. The molecule has 2 amide bonds. The minimum Gasteiger partial charge on any atom is -0.398 e. The van der Waals surface area contributed by atoms with Crippen LogP contribution in [0, 0.1) is 21.0 Å². The van der Waals surface area contributed by atoms with Gasteiger partial charge in [0.1, 0.15) is 12.9 Å². The molecular formula is C19H18F3IN4O5. The second-order valence-corrected chi connectivity index (χ2v) is 7.17. The first kappa shape index (κ1) is 25.4. The number of hydrogen-bond acceptors (Lipinski definition) is 7. The molecule has 0 heterocycles. The average Bonchev–Trinajstić information content (AvgIpc) is 2.77. The van der Waals surface area contributed by atoms with Crippen molar-refractivity contribution in [2.24, 2.45) is 5.16 Å². The van der Waals surface area contributed by atoms with E-state index in [0.29, 0.717) is 3.57 Å². The molecule has 13 heteroatoms. The highest BCUT2D eigenvalue weighted by Gasteiger charge is 2.28. The second-order valence-electron chi connectivity index (χ2n) is 5.93. The van der Waals surface area contributed by atoms with E-state index in [1.54, 1.807) is 0 Å². The quantitative estimate of drug-likeness (QED) is 0.160. The summed E-state index contributed by atoms with van der Waals surface area (Å²) in [6.07, 6.45) is 0. The van der Waals surface area contributed by atoms with Gasteiger partial charge in [0, 0.05) is 16.2 Å². The van der Waals surface area contributed by atoms with Gasteiger partial charge in [-0.1, -0.05) is 5.16 Å². The fourth-order valence-corrected chi connectivity index (χ4v) is 2.92. The minimum atomic E-state index is -1.58. The van der Waals surface area contributed by atoms with Gasteiger partial charge in [0.15, 0.2) is 17.3 Å². The maximum absolute atomic E-state index is 15.1. The summed E-state index contributed by atoms with van der Waals surface area (Å²) in [5, 5.41) is 16.7. The largest absolute Gasteiger partial charge is 0.398 e. The van der Waals surface area contributed by atoms with Crippen molar-refractivity contribution in [1.29, 1.82) is 0 Å². The van der Waals surface area contributed by atoms with E-state index >= 15 is 4.39 Å². The molecule has 0 radical (unpaired) electrons. The van der Waals surface area contributed by atoms with Crippen LogP contribution < -0.4 is 16.1 Å². The monoisotopic (exact) mass is 566 g/mol. The highest BCUT2D eigenvalue weighted by molar-refractivity contribution is 14.1. The summed E-state index contributed by atoms with van der Waals surface area (Å²) in [7, 11) is 2.32. The molecule has 0 spiro atoms. The molecule has 0 aliphatic heterocycles. The zero-order chi connectivity index (χ0) is 23.8. The molecule has 4 N–H and O–H groups in total. The molecule has 32 heavy (non-hydrogen) atoms. The Bertz CT molecular complexity index is 1050. The van der Waals surface area contributed by atoms with Crippen molar-refractivity contribution < 1.29 is 37.5 Å². The number of benzene rings is 2. The minimum absolute atomic E-state index is 0.237. The van der Waals surface area contributed by atoms with Gasteiger partial charge in [-0.3, -0.25) is 14.4 Å². The van der Waals surface area contributed by atoms with Gasteiger partial charge in [-0.2, -0.15) is 0 Å². The van der Waals surface area contributed by atoms with Crippen LogP contribution in [0.3, 0.4) is 0 Å². The van der Waals surface area contributed by atoms with Crippen molar-refractivity contribution in [2.45, 2.75) is 0 Å². The van der Waals surface area contributed by atoms with Crippen molar-refractivity contribution >= 4 is 51.5 Å². The number of nitrogens with zero attached hydrogens (tertiary/aromatic N) is 1. The Morgan fingerprint density at radius 3 is 2.47 bits per heavy atom. The highest BCUT2D eigenvalue weighted by atomic mass is 127. The number of hydroxylamine groups is 1. The molecule has 0 atom stereocenters. The number of carbonyl (C=O) groups is 2. The molecule has 2 aromatic rings. The van der Waals surface area contributed by atoms with Gasteiger partial charge in [-0.15, -0.1) is 0 Å². The van der Waals surface area contributed by atoms with Crippen LogP contribution in [-0.4, -0.2) is 50.0 Å². The molecule has 0 fully saturated rings. The second kappa shape index (κ2) is 11.6. The number of rotatable bonds is 9. The lowest BCUT2D eigenvalue weighted by molar-refractivity contribution is -0.114. The zero-order valence-electron chi connectivity index (χ0n) is 16.8. The molecule has 0 aromatic heterocycles. The zero-order valence-corrected chi connectivity index (χ0v) is 18.9. The summed E-state index contributed by atoms with van der Waals surface area (Å²) in [4.78, 5) is 33.9. The lowest BCUT2D eigenvalue weighted by Crippen LogP contribution is -2.31. The maximum atomic E-state index is 15.1. The Labute approximate surface area is 194 Å². The number of amides is 2. The summed E-state index contributed by atoms with van der Waals surface area (Å²) in [5.41, 5.74) is -0.890. The summed E-state index contributed by atoms with van der Waals surface area (Å²) >= 11 is 1.86. The van der Waals surface area contributed by atoms with Gasteiger partial charge in [-0.05, 0) is 46.9 Å². The predicted molar refractivity (Wildman–Crippen MR) is 117 cm³/mol. The van der Waals surface area contributed by atoms with Crippen LogP contribution in [0.1, 0.15) is 15.9 Å². The van der Waals surface area contributed by atoms with E-state index in [1.165, 1.54) is 19.2 Å². The Balaban J connectivity index is 2.68. The van der Waals surface area contributed by atoms with Crippen LogP contribution in [0.25, 0.3) is 0 Å². The van der Waals surface area contributed by atoms with Gasteiger partial charge in [0.25, 0.3) is 11.8 Å². The van der Waals surface area contributed by atoms with Gasteiger partial charge >= 0.3 is 0 Å². The third kappa shape index (κ3) is 5.86. The summed E-state index contributed by atoms with van der Waals surface area (Å²) < 4.78 is 44.8. The molecule has 2 rings (SSSR count). The van der Waals surface area contributed by atoms with Crippen LogP contribution in [-0.2, 0) is 14.5 Å². The molecule has 0 aliphatic rings. The molecule has 0 aliphatic carbocycles. The molecular weight excluding hydrogens is 548 g/mol. The summed E-state index contributed by atoms with van der Waals surface area (Å²) in [6, 6.07) is 4.75. The molecule has 172 valence electrons. The fourth-order valence-electron chi connectivity index (χ4n) is 2.47. The number of oxime groups is 1.